The van der Waals surface area contributed by atoms with E-state index in [2.05, 4.69) is 64.3 Å². The minimum atomic E-state index is -0.895. The molecule has 0 amide bonds. The van der Waals surface area contributed by atoms with Gasteiger partial charge in [0, 0.05) is 30.9 Å². The maximum atomic E-state index is 11.8. The summed E-state index contributed by atoms with van der Waals surface area (Å²) in [6, 6.07) is 20.8. The number of aryl methyl sites for hydroxylation is 2. The van der Waals surface area contributed by atoms with Gasteiger partial charge in [0.05, 0.1) is 11.3 Å². The minimum absolute atomic E-state index is 0.333. The van der Waals surface area contributed by atoms with Gasteiger partial charge in [0.1, 0.15) is 0 Å². The zero-order valence-corrected chi connectivity index (χ0v) is 16.8. The van der Waals surface area contributed by atoms with Crippen molar-refractivity contribution in [2.45, 2.75) is 38.1 Å². The molecule has 1 aliphatic carbocycles. The third-order valence-corrected chi connectivity index (χ3v) is 5.96. The molecule has 1 fully saturated rings. The van der Waals surface area contributed by atoms with Gasteiger partial charge >= 0.3 is 5.97 Å². The van der Waals surface area contributed by atoms with Crippen LogP contribution in [0.3, 0.4) is 0 Å². The van der Waals surface area contributed by atoms with Crippen LogP contribution < -0.4 is 0 Å². The summed E-state index contributed by atoms with van der Waals surface area (Å²) in [4.78, 5) is 16.3. The summed E-state index contributed by atoms with van der Waals surface area (Å²) in [5, 5.41) is 10.8. The van der Waals surface area contributed by atoms with E-state index in [1.54, 1.807) is 0 Å². The van der Waals surface area contributed by atoms with Crippen molar-refractivity contribution < 1.29 is 9.90 Å². The predicted octanol–water partition coefficient (Wildman–Crippen LogP) is 5.45. The van der Waals surface area contributed by atoms with E-state index in [1.807, 2.05) is 18.3 Å². The quantitative estimate of drug-likeness (QED) is 0.452. The van der Waals surface area contributed by atoms with E-state index in [4.69, 9.17) is 0 Å². The Morgan fingerprint density at radius 2 is 1.87 bits per heavy atom. The molecule has 0 unspecified atom stereocenters. The van der Waals surface area contributed by atoms with E-state index in [9.17, 15) is 9.90 Å². The molecule has 150 valence electrons. The second kappa shape index (κ2) is 7.79. The van der Waals surface area contributed by atoms with Crippen molar-refractivity contribution in [2.24, 2.45) is 0 Å². The lowest BCUT2D eigenvalue weighted by molar-refractivity contribution is 0.0695. The van der Waals surface area contributed by atoms with Gasteiger partial charge in [-0.15, -0.1) is 0 Å². The molecule has 1 N–H and O–H groups in total. The van der Waals surface area contributed by atoms with Gasteiger partial charge in [-0.1, -0.05) is 36.4 Å². The summed E-state index contributed by atoms with van der Waals surface area (Å²) in [5.41, 5.74) is 5.64. The lowest BCUT2D eigenvalue weighted by Gasteiger charge is -2.09. The zero-order valence-electron chi connectivity index (χ0n) is 16.8. The summed E-state index contributed by atoms with van der Waals surface area (Å²) < 4.78 is 2.28. The highest BCUT2D eigenvalue weighted by Gasteiger charge is 2.25. The van der Waals surface area contributed by atoms with Gasteiger partial charge < -0.3 is 9.67 Å². The number of carboxylic acid groups (broad SMARTS) is 1. The summed E-state index contributed by atoms with van der Waals surface area (Å²) in [6.45, 7) is 0.931. The van der Waals surface area contributed by atoms with Crippen molar-refractivity contribution in [3.63, 3.8) is 0 Å². The van der Waals surface area contributed by atoms with E-state index in [-0.39, 0.29) is 0 Å². The molecular weight excluding hydrogens is 372 g/mol. The van der Waals surface area contributed by atoms with E-state index in [1.165, 1.54) is 16.5 Å². The number of pyridine rings is 1. The van der Waals surface area contributed by atoms with Gasteiger partial charge in [0.15, 0.2) is 0 Å². The van der Waals surface area contributed by atoms with Crippen molar-refractivity contribution >= 4 is 16.9 Å². The molecule has 1 saturated carbocycles. The highest BCUT2D eigenvalue weighted by atomic mass is 16.4. The van der Waals surface area contributed by atoms with E-state index < -0.39 is 5.97 Å². The number of aromatic carboxylic acids is 1. The summed E-state index contributed by atoms with van der Waals surface area (Å²) in [6.07, 6.45) is 7.78. The van der Waals surface area contributed by atoms with Crippen LogP contribution in [-0.4, -0.2) is 20.6 Å². The molecule has 4 aromatic rings. The molecule has 1 aliphatic rings. The molecule has 0 bridgehead atoms. The Kier molecular flexibility index (Phi) is 4.83. The van der Waals surface area contributed by atoms with E-state index in [0.717, 1.165) is 36.9 Å². The topological polar surface area (TPSA) is 55.1 Å². The van der Waals surface area contributed by atoms with Crippen LogP contribution in [0.1, 0.15) is 51.5 Å². The molecule has 0 atom stereocenters. The fourth-order valence-electron chi connectivity index (χ4n) is 4.12. The van der Waals surface area contributed by atoms with Gasteiger partial charge in [-0.3, -0.25) is 4.98 Å². The monoisotopic (exact) mass is 396 g/mol. The highest BCUT2D eigenvalue weighted by Crippen LogP contribution is 2.40. The van der Waals surface area contributed by atoms with Crippen molar-refractivity contribution in [2.75, 3.05) is 0 Å². The number of benzene rings is 2. The SMILES string of the molecule is O=C(O)c1cc(C2CC2)cnc1Cc1ccc2c(ccn2CCc2ccccc2)c1. The molecule has 2 aromatic carbocycles. The number of fused-ring (bicyclic) bond motifs is 1. The minimum Gasteiger partial charge on any atom is -0.478 e. The van der Waals surface area contributed by atoms with Crippen molar-refractivity contribution in [3.05, 3.63) is 101 Å². The number of hydrogen-bond acceptors (Lipinski definition) is 2. The first kappa shape index (κ1) is 18.6. The average molecular weight is 396 g/mol. The fraction of sp³-hybridized carbons (Fsp3) is 0.231. The molecule has 5 rings (SSSR count). The molecule has 0 radical (unpaired) electrons. The number of aromatic nitrogens is 2. The first-order chi connectivity index (χ1) is 14.7. The number of carbonyl (C=O) groups is 1. The fourth-order valence-corrected chi connectivity index (χ4v) is 4.12. The normalized spacial score (nSPS) is 13.6. The maximum absolute atomic E-state index is 11.8. The van der Waals surface area contributed by atoms with Crippen LogP contribution in [0, 0.1) is 0 Å². The van der Waals surface area contributed by atoms with E-state index >= 15 is 0 Å². The predicted molar refractivity (Wildman–Crippen MR) is 118 cm³/mol. The Morgan fingerprint density at radius 1 is 1.03 bits per heavy atom. The Balaban J connectivity index is 1.36. The Bertz CT molecular complexity index is 1210. The van der Waals surface area contributed by atoms with Crippen LogP contribution in [-0.2, 0) is 19.4 Å². The maximum Gasteiger partial charge on any atom is 0.337 e. The number of hydrogen-bond donors (Lipinski definition) is 1. The van der Waals surface area contributed by atoms with E-state index in [0.29, 0.717) is 23.6 Å². The Morgan fingerprint density at radius 3 is 2.63 bits per heavy atom. The van der Waals surface area contributed by atoms with Crippen LogP contribution >= 0.6 is 0 Å². The summed E-state index contributed by atoms with van der Waals surface area (Å²) >= 11 is 0. The van der Waals surface area contributed by atoms with Crippen molar-refractivity contribution in [3.8, 4) is 0 Å². The second-order valence-corrected chi connectivity index (χ2v) is 8.16. The molecule has 2 heterocycles. The standard InChI is InChI=1S/C26H24N2O2/c29-26(30)23-16-22(20-7-8-20)17-27-24(23)15-19-6-9-25-21(14-19)11-13-28(25)12-10-18-4-2-1-3-5-18/h1-6,9,11,13-14,16-17,20H,7-8,10,12,15H2,(H,29,30). The van der Waals surface area contributed by atoms with Crippen LogP contribution in [0.5, 0.6) is 0 Å². The largest absolute Gasteiger partial charge is 0.478 e. The third-order valence-electron chi connectivity index (χ3n) is 5.96. The molecule has 4 nitrogen and oxygen atoms in total. The van der Waals surface area contributed by atoms with Gasteiger partial charge in [-0.2, -0.15) is 0 Å². The molecule has 2 aromatic heterocycles. The molecule has 0 spiro atoms. The average Bonchev–Trinajstić information content (AvgIpc) is 3.54. The van der Waals surface area contributed by atoms with Crippen LogP contribution in [0.15, 0.2) is 73.1 Å². The number of nitrogens with zero attached hydrogens (tertiary/aromatic N) is 2. The van der Waals surface area contributed by atoms with Gasteiger partial charge in [0.25, 0.3) is 0 Å². The Hall–Kier alpha value is -3.40. The summed E-state index contributed by atoms with van der Waals surface area (Å²) in [7, 11) is 0. The molecule has 30 heavy (non-hydrogen) atoms. The molecule has 0 aliphatic heterocycles. The Labute approximate surface area is 175 Å². The van der Waals surface area contributed by atoms with Gasteiger partial charge in [0.2, 0.25) is 0 Å². The van der Waals surface area contributed by atoms with Crippen LogP contribution in [0.2, 0.25) is 0 Å². The van der Waals surface area contributed by atoms with Crippen LogP contribution in [0.4, 0.5) is 0 Å². The second-order valence-electron chi connectivity index (χ2n) is 8.16. The molecule has 4 heteroatoms. The van der Waals surface area contributed by atoms with Gasteiger partial charge in [-0.05, 0) is 71.5 Å². The molecule has 0 saturated heterocycles. The third kappa shape index (κ3) is 3.86. The van der Waals surface area contributed by atoms with Crippen molar-refractivity contribution in [1.82, 2.24) is 9.55 Å². The number of rotatable bonds is 7. The summed E-state index contributed by atoms with van der Waals surface area (Å²) in [5.74, 6) is -0.398. The smallest absolute Gasteiger partial charge is 0.337 e. The highest BCUT2D eigenvalue weighted by molar-refractivity contribution is 5.89. The zero-order chi connectivity index (χ0) is 20.5. The lowest BCUT2D eigenvalue weighted by atomic mass is 10.0. The van der Waals surface area contributed by atoms with Crippen molar-refractivity contribution in [1.29, 1.82) is 0 Å². The first-order valence-corrected chi connectivity index (χ1v) is 10.5. The van der Waals surface area contributed by atoms with Gasteiger partial charge in [-0.25, -0.2) is 4.79 Å². The first-order valence-electron chi connectivity index (χ1n) is 10.5. The lowest BCUT2D eigenvalue weighted by Crippen LogP contribution is -2.07. The van der Waals surface area contributed by atoms with Crippen LogP contribution in [0.25, 0.3) is 10.9 Å². The molecular formula is C26H24N2O2. The number of carboxylic acids is 1.